The number of hydrogen-bond donors (Lipinski definition) is 0. The summed E-state index contributed by atoms with van der Waals surface area (Å²) in [6.07, 6.45) is 3.92. The van der Waals surface area contributed by atoms with Crippen LogP contribution < -0.4 is 0 Å². The Morgan fingerprint density at radius 3 is 2.87 bits per heavy atom. The third-order valence-corrected chi connectivity index (χ3v) is 3.09. The highest BCUT2D eigenvalue weighted by Gasteiger charge is 2.15. The topological polar surface area (TPSA) is 12.9 Å². The highest BCUT2D eigenvalue weighted by molar-refractivity contribution is 5.43. The third-order valence-electron chi connectivity index (χ3n) is 3.09. The molecule has 0 fully saturated rings. The lowest BCUT2D eigenvalue weighted by molar-refractivity contribution is 0.938. The Labute approximate surface area is 89.8 Å². The van der Waals surface area contributed by atoms with Gasteiger partial charge in [-0.05, 0) is 36.1 Å². The van der Waals surface area contributed by atoms with E-state index >= 15 is 0 Å². The van der Waals surface area contributed by atoms with Crippen LogP contribution >= 0.6 is 0 Å². The van der Waals surface area contributed by atoms with E-state index < -0.39 is 0 Å². The molecular formula is C14H13N. The van der Waals surface area contributed by atoms with Gasteiger partial charge in [-0.2, -0.15) is 0 Å². The zero-order valence-electron chi connectivity index (χ0n) is 8.83. The molecule has 0 amide bonds. The number of nitrogens with zero attached hydrogens (tertiary/aromatic N) is 1. The zero-order valence-corrected chi connectivity index (χ0v) is 8.83. The Kier molecular flexibility index (Phi) is 1.84. The minimum absolute atomic E-state index is 0.993. The maximum absolute atomic E-state index is 4.45. The first kappa shape index (κ1) is 8.66. The molecule has 1 aromatic carbocycles. The monoisotopic (exact) mass is 195 g/mol. The largest absolute Gasteiger partial charge is 0.261 e. The van der Waals surface area contributed by atoms with E-state index in [0.717, 1.165) is 12.8 Å². The summed E-state index contributed by atoms with van der Waals surface area (Å²) in [5.74, 6) is 0. The van der Waals surface area contributed by atoms with Crippen LogP contribution in [0.1, 0.15) is 27.9 Å². The van der Waals surface area contributed by atoms with E-state index in [1.54, 1.807) is 0 Å². The van der Waals surface area contributed by atoms with Gasteiger partial charge in [0, 0.05) is 18.3 Å². The molecule has 15 heavy (non-hydrogen) atoms. The van der Waals surface area contributed by atoms with Crippen molar-refractivity contribution < 1.29 is 0 Å². The molecule has 0 aliphatic heterocycles. The maximum atomic E-state index is 4.45. The average molecular weight is 195 g/mol. The fourth-order valence-corrected chi connectivity index (χ4v) is 2.27. The summed E-state index contributed by atoms with van der Waals surface area (Å²) in [5, 5.41) is 0. The van der Waals surface area contributed by atoms with E-state index in [-0.39, 0.29) is 0 Å². The van der Waals surface area contributed by atoms with Crippen molar-refractivity contribution in [2.45, 2.75) is 19.8 Å². The van der Waals surface area contributed by atoms with Crippen LogP contribution in [0.4, 0.5) is 0 Å². The van der Waals surface area contributed by atoms with Crippen LogP contribution in [0.2, 0.25) is 0 Å². The van der Waals surface area contributed by atoms with Gasteiger partial charge in [0.05, 0.1) is 0 Å². The van der Waals surface area contributed by atoms with Gasteiger partial charge in [-0.3, -0.25) is 4.98 Å². The Balaban J connectivity index is 2.11. The molecule has 1 heterocycles. The molecule has 74 valence electrons. The molecule has 0 atom stereocenters. The summed E-state index contributed by atoms with van der Waals surface area (Å²) in [7, 11) is 0. The molecule has 2 aromatic rings. The predicted octanol–water partition coefficient (Wildman–Crippen LogP) is 2.89. The molecule has 3 rings (SSSR count). The molecule has 0 saturated heterocycles. The summed E-state index contributed by atoms with van der Waals surface area (Å²) in [6, 6.07) is 10.9. The van der Waals surface area contributed by atoms with Crippen LogP contribution in [0.15, 0.2) is 36.5 Å². The molecule has 1 aliphatic rings. The molecule has 0 N–H and O–H groups in total. The van der Waals surface area contributed by atoms with Crippen molar-refractivity contribution in [2.24, 2.45) is 0 Å². The molecule has 1 nitrogen and oxygen atoms in total. The number of fused-ring (bicyclic) bond motifs is 2. The third kappa shape index (κ3) is 1.44. The Bertz CT molecular complexity index is 514. The molecule has 1 aliphatic carbocycles. The second kappa shape index (κ2) is 3.20. The molecule has 0 saturated carbocycles. The van der Waals surface area contributed by atoms with Crippen LogP contribution in [0, 0.1) is 6.92 Å². The number of benzene rings is 1. The number of hydrogen-bond acceptors (Lipinski definition) is 1. The molecule has 0 bridgehead atoms. The van der Waals surface area contributed by atoms with Gasteiger partial charge in [0.1, 0.15) is 0 Å². The number of pyridine rings is 1. The van der Waals surface area contributed by atoms with Crippen LogP contribution in [-0.4, -0.2) is 4.98 Å². The minimum Gasteiger partial charge on any atom is -0.261 e. The summed E-state index contributed by atoms with van der Waals surface area (Å²) in [6.45, 7) is 2.15. The highest BCUT2D eigenvalue weighted by Crippen LogP contribution is 2.25. The SMILES string of the molecule is Cc1ccc2c(c1)Cc1ncccc1C2. The van der Waals surface area contributed by atoms with E-state index in [0.29, 0.717) is 0 Å². The Morgan fingerprint density at radius 1 is 1.00 bits per heavy atom. The quantitative estimate of drug-likeness (QED) is 0.537. The number of rotatable bonds is 0. The van der Waals surface area contributed by atoms with Gasteiger partial charge in [0.25, 0.3) is 0 Å². The zero-order chi connectivity index (χ0) is 10.3. The summed E-state index contributed by atoms with van der Waals surface area (Å²) in [5.41, 5.74) is 6.87. The van der Waals surface area contributed by atoms with Crippen molar-refractivity contribution in [1.82, 2.24) is 4.98 Å². The van der Waals surface area contributed by atoms with Crippen LogP contribution in [0.5, 0.6) is 0 Å². The van der Waals surface area contributed by atoms with Gasteiger partial charge in [0.15, 0.2) is 0 Å². The van der Waals surface area contributed by atoms with Crippen molar-refractivity contribution >= 4 is 0 Å². The highest BCUT2D eigenvalue weighted by atomic mass is 14.7. The van der Waals surface area contributed by atoms with E-state index in [1.165, 1.54) is 27.9 Å². The molecule has 0 unspecified atom stereocenters. The van der Waals surface area contributed by atoms with Crippen LogP contribution in [0.25, 0.3) is 0 Å². The molecule has 1 heteroatoms. The van der Waals surface area contributed by atoms with Crippen molar-refractivity contribution in [3.63, 3.8) is 0 Å². The molecular weight excluding hydrogens is 182 g/mol. The molecule has 0 radical (unpaired) electrons. The summed E-state index contributed by atoms with van der Waals surface area (Å²) in [4.78, 5) is 4.45. The lowest BCUT2D eigenvalue weighted by atomic mass is 9.88. The Morgan fingerprint density at radius 2 is 1.93 bits per heavy atom. The first-order chi connectivity index (χ1) is 7.33. The second-order valence-electron chi connectivity index (χ2n) is 4.23. The molecule has 1 aromatic heterocycles. The average Bonchev–Trinajstić information content (AvgIpc) is 2.26. The Hall–Kier alpha value is -1.63. The van der Waals surface area contributed by atoms with Gasteiger partial charge in [-0.15, -0.1) is 0 Å². The lowest BCUT2D eigenvalue weighted by Gasteiger charge is -2.18. The number of aromatic nitrogens is 1. The summed E-state index contributed by atoms with van der Waals surface area (Å²) >= 11 is 0. The summed E-state index contributed by atoms with van der Waals surface area (Å²) < 4.78 is 0. The van der Waals surface area contributed by atoms with Crippen molar-refractivity contribution in [1.29, 1.82) is 0 Å². The maximum Gasteiger partial charge on any atom is 0.0482 e. The van der Waals surface area contributed by atoms with E-state index in [9.17, 15) is 0 Å². The van der Waals surface area contributed by atoms with Crippen molar-refractivity contribution in [2.75, 3.05) is 0 Å². The lowest BCUT2D eigenvalue weighted by Crippen LogP contribution is -2.08. The van der Waals surface area contributed by atoms with E-state index in [1.807, 2.05) is 12.3 Å². The first-order valence-electron chi connectivity index (χ1n) is 5.34. The normalized spacial score (nSPS) is 13.1. The standard InChI is InChI=1S/C14H13N/c1-10-4-5-11-8-12-3-2-6-15-14(12)9-13(11)7-10/h2-7H,8-9H2,1H3. The van der Waals surface area contributed by atoms with Crippen molar-refractivity contribution in [3.05, 3.63) is 64.5 Å². The van der Waals surface area contributed by atoms with Crippen LogP contribution in [-0.2, 0) is 12.8 Å². The number of aryl methyl sites for hydroxylation is 1. The van der Waals surface area contributed by atoms with Crippen LogP contribution in [0.3, 0.4) is 0 Å². The first-order valence-corrected chi connectivity index (χ1v) is 5.34. The van der Waals surface area contributed by atoms with Crippen molar-refractivity contribution in [3.8, 4) is 0 Å². The van der Waals surface area contributed by atoms with Gasteiger partial charge in [-0.1, -0.05) is 29.8 Å². The predicted molar refractivity (Wildman–Crippen MR) is 61.0 cm³/mol. The smallest absolute Gasteiger partial charge is 0.0482 e. The fourth-order valence-electron chi connectivity index (χ4n) is 2.27. The fraction of sp³-hybridized carbons (Fsp3) is 0.214. The van der Waals surface area contributed by atoms with Gasteiger partial charge < -0.3 is 0 Å². The van der Waals surface area contributed by atoms with Gasteiger partial charge in [-0.25, -0.2) is 0 Å². The van der Waals surface area contributed by atoms with E-state index in [2.05, 4.69) is 36.2 Å². The van der Waals surface area contributed by atoms with Gasteiger partial charge in [0.2, 0.25) is 0 Å². The molecule has 0 spiro atoms. The second-order valence-corrected chi connectivity index (χ2v) is 4.23. The minimum atomic E-state index is 0.993. The van der Waals surface area contributed by atoms with Gasteiger partial charge >= 0.3 is 0 Å². The van der Waals surface area contributed by atoms with E-state index in [4.69, 9.17) is 0 Å².